The maximum atomic E-state index is 12.6. The number of hydrogen-bond acceptors (Lipinski definition) is 7. The molecule has 3 aromatic rings. The predicted octanol–water partition coefficient (Wildman–Crippen LogP) is 4.13. The maximum Gasteiger partial charge on any atom is 0.230 e. The third-order valence-electron chi connectivity index (χ3n) is 5.79. The molecule has 1 aromatic carbocycles. The Morgan fingerprint density at radius 2 is 2.20 bits per heavy atom. The van der Waals surface area contributed by atoms with Crippen molar-refractivity contribution < 1.29 is 9.53 Å². The van der Waals surface area contributed by atoms with Crippen molar-refractivity contribution in [2.45, 2.75) is 43.8 Å². The SMILES string of the molecule is C[C@H]1CCc2c(sc3nc(SCC(=O)N[C@H]4CCOc5ccccc54)nc(N)c23)C1. The van der Waals surface area contributed by atoms with Gasteiger partial charge in [0.15, 0.2) is 5.16 Å². The highest BCUT2D eigenvalue weighted by atomic mass is 32.2. The minimum atomic E-state index is -0.0386. The molecule has 8 heteroatoms. The van der Waals surface area contributed by atoms with Crippen molar-refractivity contribution >= 4 is 45.0 Å². The number of anilines is 1. The Morgan fingerprint density at radius 1 is 1.33 bits per heavy atom. The molecule has 1 aliphatic heterocycles. The molecule has 3 heterocycles. The highest BCUT2D eigenvalue weighted by molar-refractivity contribution is 7.99. The third-order valence-corrected chi connectivity index (χ3v) is 7.78. The molecule has 5 rings (SSSR count). The average molecular weight is 441 g/mol. The molecular weight excluding hydrogens is 416 g/mol. The van der Waals surface area contributed by atoms with Gasteiger partial charge in [0.2, 0.25) is 5.91 Å². The van der Waals surface area contributed by atoms with Crippen LogP contribution in [0.3, 0.4) is 0 Å². The molecule has 0 fully saturated rings. The number of benzene rings is 1. The van der Waals surface area contributed by atoms with Crippen LogP contribution in [0.25, 0.3) is 10.2 Å². The number of carbonyl (C=O) groups is 1. The Morgan fingerprint density at radius 3 is 3.10 bits per heavy atom. The van der Waals surface area contributed by atoms with Gasteiger partial charge in [-0.2, -0.15) is 0 Å². The lowest BCUT2D eigenvalue weighted by Crippen LogP contribution is -2.33. The highest BCUT2D eigenvalue weighted by Gasteiger charge is 2.25. The van der Waals surface area contributed by atoms with Gasteiger partial charge >= 0.3 is 0 Å². The smallest absolute Gasteiger partial charge is 0.230 e. The van der Waals surface area contributed by atoms with Gasteiger partial charge in [-0.15, -0.1) is 11.3 Å². The fourth-order valence-electron chi connectivity index (χ4n) is 4.27. The first kappa shape index (κ1) is 19.6. The molecule has 1 amide bonds. The Bertz CT molecular complexity index is 1110. The number of amides is 1. The number of hydrogen-bond donors (Lipinski definition) is 2. The van der Waals surface area contributed by atoms with Crippen LogP contribution in [-0.4, -0.2) is 28.2 Å². The molecule has 6 nitrogen and oxygen atoms in total. The number of fused-ring (bicyclic) bond motifs is 4. The first-order valence-corrected chi connectivity index (χ1v) is 12.1. The summed E-state index contributed by atoms with van der Waals surface area (Å²) in [4.78, 5) is 24.1. The fourth-order valence-corrected chi connectivity index (χ4v) is 6.38. The number of aryl methyl sites for hydroxylation is 1. The molecule has 2 aliphatic rings. The van der Waals surface area contributed by atoms with Crippen LogP contribution >= 0.6 is 23.1 Å². The Hall–Kier alpha value is -2.32. The van der Waals surface area contributed by atoms with Gasteiger partial charge in [0.1, 0.15) is 16.4 Å². The molecule has 0 bridgehead atoms. The van der Waals surface area contributed by atoms with Crippen LogP contribution in [0.15, 0.2) is 29.4 Å². The molecule has 30 heavy (non-hydrogen) atoms. The molecule has 3 N–H and O–H groups in total. The van der Waals surface area contributed by atoms with Gasteiger partial charge in [-0.1, -0.05) is 36.9 Å². The summed E-state index contributed by atoms with van der Waals surface area (Å²) in [6.45, 7) is 2.90. The molecule has 0 saturated carbocycles. The first-order valence-electron chi connectivity index (χ1n) is 10.3. The number of nitrogens with one attached hydrogen (secondary N) is 1. The zero-order valence-electron chi connectivity index (χ0n) is 16.8. The van der Waals surface area contributed by atoms with E-state index in [9.17, 15) is 4.79 Å². The van der Waals surface area contributed by atoms with E-state index in [1.165, 1.54) is 28.6 Å². The van der Waals surface area contributed by atoms with E-state index in [1.807, 2.05) is 24.3 Å². The molecule has 156 valence electrons. The number of nitrogens with two attached hydrogens (primary N) is 1. The number of carbonyl (C=O) groups excluding carboxylic acids is 1. The third kappa shape index (κ3) is 3.74. The number of rotatable bonds is 4. The van der Waals surface area contributed by atoms with Gasteiger partial charge < -0.3 is 15.8 Å². The highest BCUT2D eigenvalue weighted by Crippen LogP contribution is 2.40. The molecule has 1 aliphatic carbocycles. The average Bonchev–Trinajstić information content (AvgIpc) is 3.10. The minimum Gasteiger partial charge on any atom is -0.493 e. The summed E-state index contributed by atoms with van der Waals surface area (Å²) in [6, 6.07) is 7.83. The number of thiophene rings is 1. The molecular formula is C22H24N4O2S2. The van der Waals surface area contributed by atoms with Crippen LogP contribution in [0, 0.1) is 5.92 Å². The summed E-state index contributed by atoms with van der Waals surface area (Å²) in [6.07, 6.45) is 4.09. The van der Waals surface area contributed by atoms with E-state index < -0.39 is 0 Å². The van der Waals surface area contributed by atoms with Gasteiger partial charge in [0.25, 0.3) is 0 Å². The van der Waals surface area contributed by atoms with Gasteiger partial charge in [-0.3, -0.25) is 4.79 Å². The van der Waals surface area contributed by atoms with Crippen molar-refractivity contribution in [2.24, 2.45) is 5.92 Å². The number of nitrogen functional groups attached to an aromatic ring is 1. The summed E-state index contributed by atoms with van der Waals surface area (Å²) in [5.74, 6) is 2.30. The number of thioether (sulfide) groups is 1. The van der Waals surface area contributed by atoms with Crippen molar-refractivity contribution in [3.05, 3.63) is 40.3 Å². The summed E-state index contributed by atoms with van der Waals surface area (Å²) < 4.78 is 5.67. The normalized spacial score (nSPS) is 20.3. The van der Waals surface area contributed by atoms with Crippen molar-refractivity contribution in [3.63, 3.8) is 0 Å². The number of para-hydroxylation sites is 1. The second-order valence-electron chi connectivity index (χ2n) is 8.01. The molecule has 0 unspecified atom stereocenters. The topological polar surface area (TPSA) is 90.1 Å². The minimum absolute atomic E-state index is 0.0254. The number of aromatic nitrogens is 2. The molecule has 0 spiro atoms. The van der Waals surface area contributed by atoms with E-state index in [2.05, 4.69) is 17.2 Å². The summed E-state index contributed by atoms with van der Waals surface area (Å²) >= 11 is 3.06. The summed E-state index contributed by atoms with van der Waals surface area (Å²) in [5, 5.41) is 4.70. The number of ether oxygens (including phenoxy) is 1. The lowest BCUT2D eigenvalue weighted by atomic mass is 9.89. The molecule has 2 atom stereocenters. The van der Waals surface area contributed by atoms with Crippen LogP contribution in [0.5, 0.6) is 5.75 Å². The van der Waals surface area contributed by atoms with E-state index in [-0.39, 0.29) is 17.7 Å². The zero-order chi connectivity index (χ0) is 20.7. The predicted molar refractivity (Wildman–Crippen MR) is 121 cm³/mol. The quantitative estimate of drug-likeness (QED) is 0.468. The lowest BCUT2D eigenvalue weighted by molar-refractivity contribution is -0.119. The second kappa shape index (κ2) is 8.07. The van der Waals surface area contributed by atoms with Crippen LogP contribution in [0.2, 0.25) is 0 Å². The number of nitrogens with zero attached hydrogens (tertiary/aromatic N) is 2. The molecule has 0 radical (unpaired) electrons. The Labute approximate surface area is 183 Å². The van der Waals surface area contributed by atoms with E-state index in [0.717, 1.165) is 40.8 Å². The van der Waals surface area contributed by atoms with Gasteiger partial charge in [0, 0.05) is 16.9 Å². The molecule has 0 saturated heterocycles. The summed E-state index contributed by atoms with van der Waals surface area (Å²) in [5.41, 5.74) is 8.66. The fraction of sp³-hybridized carbons (Fsp3) is 0.409. The van der Waals surface area contributed by atoms with E-state index in [1.54, 1.807) is 11.3 Å². The van der Waals surface area contributed by atoms with Gasteiger partial charge in [-0.25, -0.2) is 9.97 Å². The van der Waals surface area contributed by atoms with Crippen molar-refractivity contribution in [2.75, 3.05) is 18.1 Å². The van der Waals surface area contributed by atoms with Crippen LogP contribution < -0.4 is 15.8 Å². The monoisotopic (exact) mass is 440 g/mol. The van der Waals surface area contributed by atoms with Crippen LogP contribution in [-0.2, 0) is 17.6 Å². The van der Waals surface area contributed by atoms with Crippen molar-refractivity contribution in [1.29, 1.82) is 0 Å². The second-order valence-corrected chi connectivity index (χ2v) is 10.0. The maximum absolute atomic E-state index is 12.6. The van der Waals surface area contributed by atoms with Crippen LogP contribution in [0.1, 0.15) is 41.8 Å². The van der Waals surface area contributed by atoms with E-state index in [4.69, 9.17) is 15.5 Å². The largest absolute Gasteiger partial charge is 0.493 e. The van der Waals surface area contributed by atoms with Crippen molar-refractivity contribution in [1.82, 2.24) is 15.3 Å². The Kier molecular flexibility index (Phi) is 5.28. The lowest BCUT2D eigenvalue weighted by Gasteiger charge is -2.26. The zero-order valence-corrected chi connectivity index (χ0v) is 18.4. The van der Waals surface area contributed by atoms with Gasteiger partial charge in [0.05, 0.1) is 23.8 Å². The van der Waals surface area contributed by atoms with Crippen molar-refractivity contribution in [3.8, 4) is 5.75 Å². The Balaban J connectivity index is 1.28. The first-order chi connectivity index (χ1) is 14.6. The standard InChI is InChI=1S/C22H24N4O2S2/c1-12-6-7-14-17(10-12)30-21-19(14)20(23)25-22(26-21)29-11-18(27)24-15-8-9-28-16-5-3-2-4-13(15)16/h2-5,12,15H,6-11H2,1H3,(H,24,27)(H2,23,25,26)/t12-,15-/m0/s1. The van der Waals surface area contributed by atoms with E-state index >= 15 is 0 Å². The molecule has 2 aromatic heterocycles. The van der Waals surface area contributed by atoms with Gasteiger partial charge in [-0.05, 0) is 36.8 Å². The van der Waals surface area contributed by atoms with Crippen LogP contribution in [0.4, 0.5) is 5.82 Å². The van der Waals surface area contributed by atoms with E-state index in [0.29, 0.717) is 23.5 Å². The summed E-state index contributed by atoms with van der Waals surface area (Å²) in [7, 11) is 0.